The number of nitrogens with one attached hydrogen (secondary N) is 2. The Morgan fingerprint density at radius 2 is 2.25 bits per heavy atom. The van der Waals surface area contributed by atoms with Crippen LogP contribution in [0, 0.1) is 11.8 Å². The smallest absolute Gasteiger partial charge is 0.309 e. The summed E-state index contributed by atoms with van der Waals surface area (Å²) < 4.78 is 10.3. The summed E-state index contributed by atoms with van der Waals surface area (Å²) in [5, 5.41) is 2.86. The molecule has 2 fully saturated rings. The van der Waals surface area contributed by atoms with E-state index in [4.69, 9.17) is 4.74 Å². The monoisotopic (exact) mass is 329 g/mol. The maximum atomic E-state index is 12.2. The predicted molar refractivity (Wildman–Crippen MR) is 86.3 cm³/mol. The van der Waals surface area contributed by atoms with Gasteiger partial charge in [0.05, 0.1) is 30.0 Å². The van der Waals surface area contributed by atoms with E-state index < -0.39 is 0 Å². The van der Waals surface area contributed by atoms with Crippen LogP contribution in [0.2, 0.25) is 0 Å². The van der Waals surface area contributed by atoms with E-state index in [0.29, 0.717) is 12.1 Å². The van der Waals surface area contributed by atoms with E-state index in [0.717, 1.165) is 36.3 Å². The number of carbonyl (C=O) groups excluding carboxylic acids is 2. The van der Waals surface area contributed by atoms with Gasteiger partial charge in [0, 0.05) is 12.3 Å². The van der Waals surface area contributed by atoms with Gasteiger partial charge in [-0.2, -0.15) is 0 Å². The molecule has 1 aromatic carbocycles. The number of amides is 1. The number of H-pyrrole nitrogens is 1. The molecule has 2 N–H and O–H groups in total. The lowest BCUT2D eigenvalue weighted by Gasteiger charge is -2.04. The van der Waals surface area contributed by atoms with Crippen LogP contribution in [0.3, 0.4) is 0 Å². The summed E-state index contributed by atoms with van der Waals surface area (Å²) in [4.78, 5) is 31.4. The number of hydrogen-bond acceptors (Lipinski definition) is 5. The van der Waals surface area contributed by atoms with Crippen LogP contribution >= 0.6 is 0 Å². The lowest BCUT2D eigenvalue weighted by Crippen LogP contribution is -2.17. The summed E-state index contributed by atoms with van der Waals surface area (Å²) in [6.07, 6.45) is 2.60. The topological polar surface area (TPSA) is 93.3 Å². The standard InChI is InChI=1S/C17H19N3O4/c1-23-17(22)11-8-10(11)16(21)18-9-4-5-12-13(7-9)20-15(19-12)14-3-2-6-24-14/h4-5,7,10-11,14H,2-3,6,8H2,1H3,(H,18,21)(H,19,20)/t10-,11+,14-/m0/s1. The Kier molecular flexibility index (Phi) is 3.72. The highest BCUT2D eigenvalue weighted by atomic mass is 16.5. The van der Waals surface area contributed by atoms with Crippen molar-refractivity contribution in [3.8, 4) is 0 Å². The third kappa shape index (κ3) is 2.75. The molecule has 3 atom stereocenters. The fourth-order valence-electron chi connectivity index (χ4n) is 3.18. The van der Waals surface area contributed by atoms with Crippen LogP contribution in [-0.4, -0.2) is 35.6 Å². The number of rotatable bonds is 4. The minimum Gasteiger partial charge on any atom is -0.469 e. The molecule has 1 saturated heterocycles. The zero-order chi connectivity index (χ0) is 16.7. The van der Waals surface area contributed by atoms with Crippen molar-refractivity contribution in [2.24, 2.45) is 11.8 Å². The third-order valence-electron chi connectivity index (χ3n) is 4.63. The second-order valence-corrected chi connectivity index (χ2v) is 6.32. The minimum absolute atomic E-state index is 0.0303. The van der Waals surface area contributed by atoms with Gasteiger partial charge in [-0.3, -0.25) is 9.59 Å². The van der Waals surface area contributed by atoms with E-state index in [1.165, 1.54) is 7.11 Å². The molecular formula is C17H19N3O4. The van der Waals surface area contributed by atoms with Gasteiger partial charge in [0.1, 0.15) is 11.9 Å². The summed E-state index contributed by atoms with van der Waals surface area (Å²) in [5.41, 5.74) is 2.39. The zero-order valence-corrected chi connectivity index (χ0v) is 13.4. The maximum absolute atomic E-state index is 12.2. The number of imidazole rings is 1. The normalized spacial score (nSPS) is 25.6. The van der Waals surface area contributed by atoms with E-state index in [1.54, 1.807) is 0 Å². The molecule has 7 heteroatoms. The largest absolute Gasteiger partial charge is 0.469 e. The first-order valence-corrected chi connectivity index (χ1v) is 8.15. The molecule has 24 heavy (non-hydrogen) atoms. The van der Waals surface area contributed by atoms with Crippen LogP contribution in [0.25, 0.3) is 11.0 Å². The second-order valence-electron chi connectivity index (χ2n) is 6.32. The average Bonchev–Trinajstić information content (AvgIpc) is 3.01. The third-order valence-corrected chi connectivity index (χ3v) is 4.63. The van der Waals surface area contributed by atoms with Gasteiger partial charge in [-0.25, -0.2) is 4.98 Å². The Hall–Kier alpha value is -2.41. The number of aromatic nitrogens is 2. The van der Waals surface area contributed by atoms with Crippen molar-refractivity contribution in [2.75, 3.05) is 19.0 Å². The van der Waals surface area contributed by atoms with Gasteiger partial charge in [-0.15, -0.1) is 0 Å². The summed E-state index contributed by atoms with van der Waals surface area (Å²) in [5.74, 6) is -0.239. The molecule has 1 aromatic heterocycles. The van der Waals surface area contributed by atoms with E-state index in [2.05, 4.69) is 20.0 Å². The summed E-state index contributed by atoms with van der Waals surface area (Å²) >= 11 is 0. The number of benzene rings is 1. The van der Waals surface area contributed by atoms with Crippen LogP contribution in [-0.2, 0) is 19.1 Å². The molecule has 1 aliphatic heterocycles. The Morgan fingerprint density at radius 1 is 1.38 bits per heavy atom. The first-order chi connectivity index (χ1) is 11.7. The van der Waals surface area contributed by atoms with Gasteiger partial charge in [0.2, 0.25) is 5.91 Å². The van der Waals surface area contributed by atoms with E-state index in [9.17, 15) is 9.59 Å². The molecular weight excluding hydrogens is 310 g/mol. The van der Waals surface area contributed by atoms with Crippen molar-refractivity contribution in [2.45, 2.75) is 25.4 Å². The van der Waals surface area contributed by atoms with Gasteiger partial charge in [-0.05, 0) is 37.5 Å². The van der Waals surface area contributed by atoms with Gasteiger partial charge >= 0.3 is 5.97 Å². The van der Waals surface area contributed by atoms with Crippen molar-refractivity contribution >= 4 is 28.6 Å². The van der Waals surface area contributed by atoms with Crippen molar-refractivity contribution in [3.05, 3.63) is 24.0 Å². The Morgan fingerprint density at radius 3 is 3.00 bits per heavy atom. The Bertz CT molecular complexity index is 794. The van der Waals surface area contributed by atoms with Crippen LogP contribution in [0.4, 0.5) is 5.69 Å². The second kappa shape index (κ2) is 5.90. The van der Waals surface area contributed by atoms with Gasteiger partial charge in [-0.1, -0.05) is 0 Å². The summed E-state index contributed by atoms with van der Waals surface area (Å²) in [7, 11) is 1.34. The lowest BCUT2D eigenvalue weighted by molar-refractivity contribution is -0.143. The van der Waals surface area contributed by atoms with Crippen LogP contribution < -0.4 is 5.32 Å². The molecule has 0 bridgehead atoms. The molecule has 1 amide bonds. The molecule has 0 spiro atoms. The first kappa shape index (κ1) is 15.1. The highest BCUT2D eigenvalue weighted by molar-refractivity contribution is 5.99. The fraction of sp³-hybridized carbons (Fsp3) is 0.471. The molecule has 1 aliphatic carbocycles. The Balaban J connectivity index is 1.47. The highest BCUT2D eigenvalue weighted by Crippen LogP contribution is 2.40. The number of fused-ring (bicyclic) bond motifs is 1. The van der Waals surface area contributed by atoms with Crippen molar-refractivity contribution < 1.29 is 19.1 Å². The molecule has 2 aromatic rings. The number of nitrogens with zero attached hydrogens (tertiary/aromatic N) is 1. The molecule has 1 saturated carbocycles. The quantitative estimate of drug-likeness (QED) is 0.839. The van der Waals surface area contributed by atoms with Crippen LogP contribution in [0.1, 0.15) is 31.2 Å². The van der Waals surface area contributed by atoms with Crippen molar-refractivity contribution in [1.82, 2.24) is 9.97 Å². The van der Waals surface area contributed by atoms with E-state index >= 15 is 0 Å². The molecule has 2 aliphatic rings. The van der Waals surface area contributed by atoms with E-state index in [-0.39, 0.29) is 29.8 Å². The fourth-order valence-corrected chi connectivity index (χ4v) is 3.18. The van der Waals surface area contributed by atoms with Crippen molar-refractivity contribution in [3.63, 3.8) is 0 Å². The number of anilines is 1. The molecule has 4 rings (SSSR count). The lowest BCUT2D eigenvalue weighted by atomic mass is 10.2. The number of carbonyl (C=O) groups is 2. The SMILES string of the molecule is COC(=O)[C@@H]1C[C@@H]1C(=O)Nc1ccc2nc([C@@H]3CCCO3)[nH]c2c1. The van der Waals surface area contributed by atoms with Gasteiger partial charge in [0.15, 0.2) is 0 Å². The summed E-state index contributed by atoms with van der Waals surface area (Å²) in [6, 6.07) is 5.54. The van der Waals surface area contributed by atoms with Gasteiger partial charge in [0.25, 0.3) is 0 Å². The molecule has 126 valence electrons. The van der Waals surface area contributed by atoms with Crippen molar-refractivity contribution in [1.29, 1.82) is 0 Å². The number of methoxy groups -OCH3 is 1. The molecule has 2 heterocycles. The predicted octanol–water partition coefficient (Wildman–Crippen LogP) is 2.16. The highest BCUT2D eigenvalue weighted by Gasteiger charge is 2.48. The van der Waals surface area contributed by atoms with Gasteiger partial charge < -0.3 is 19.8 Å². The first-order valence-electron chi connectivity index (χ1n) is 8.15. The number of esters is 1. The number of aromatic amines is 1. The molecule has 0 unspecified atom stereocenters. The van der Waals surface area contributed by atoms with E-state index in [1.807, 2.05) is 18.2 Å². The van der Waals surface area contributed by atoms with Crippen LogP contribution in [0.5, 0.6) is 0 Å². The number of hydrogen-bond donors (Lipinski definition) is 2. The molecule has 7 nitrogen and oxygen atoms in total. The maximum Gasteiger partial charge on any atom is 0.309 e. The molecule has 0 radical (unpaired) electrons. The zero-order valence-electron chi connectivity index (χ0n) is 13.4. The minimum atomic E-state index is -0.319. The van der Waals surface area contributed by atoms with Crippen LogP contribution in [0.15, 0.2) is 18.2 Å². The number of ether oxygens (including phenoxy) is 2. The Labute approximate surface area is 138 Å². The summed E-state index contributed by atoms with van der Waals surface area (Å²) in [6.45, 7) is 0.770. The average molecular weight is 329 g/mol.